The molecular weight excluding hydrogens is 412 g/mol. The van der Waals surface area contributed by atoms with Crippen LogP contribution < -0.4 is 5.32 Å². The van der Waals surface area contributed by atoms with Gasteiger partial charge < -0.3 is 20.0 Å². The summed E-state index contributed by atoms with van der Waals surface area (Å²) in [5.74, 6) is 0.879. The molecule has 3 heterocycles. The van der Waals surface area contributed by atoms with Crippen LogP contribution in [0.15, 0.2) is 18.2 Å². The molecule has 3 rings (SSSR count). The zero-order valence-corrected chi connectivity index (χ0v) is 18.8. The molecule has 8 nitrogen and oxygen atoms in total. The Morgan fingerprint density at radius 3 is 2.38 bits per heavy atom. The van der Waals surface area contributed by atoms with Gasteiger partial charge in [-0.15, -0.1) is 11.3 Å². The van der Waals surface area contributed by atoms with Crippen LogP contribution >= 0.6 is 22.9 Å². The molecule has 0 unspecified atom stereocenters. The average molecular weight is 439 g/mol. The third-order valence-electron chi connectivity index (χ3n) is 4.93. The Balaban J connectivity index is 1.74. The minimum Gasteiger partial charge on any atom is -0.365 e. The number of halogens is 1. The lowest BCUT2D eigenvalue weighted by molar-refractivity contribution is 0.156. The van der Waals surface area contributed by atoms with Crippen molar-refractivity contribution >= 4 is 40.8 Å². The number of likely N-dealkylation sites (tertiary alicyclic amines) is 1. The van der Waals surface area contributed by atoms with E-state index in [4.69, 9.17) is 11.6 Å². The minimum atomic E-state index is -0.205. The van der Waals surface area contributed by atoms with Crippen LogP contribution in [0.1, 0.15) is 29.3 Å². The fourth-order valence-electron chi connectivity index (χ4n) is 3.33. The average Bonchev–Trinajstić information content (AvgIpc) is 3.31. The maximum atomic E-state index is 12.6. The summed E-state index contributed by atoms with van der Waals surface area (Å²) in [6.45, 7) is 1.94. The Bertz CT molecular complexity index is 870. The first-order valence-corrected chi connectivity index (χ1v) is 10.7. The van der Waals surface area contributed by atoms with E-state index in [1.165, 1.54) is 20.9 Å². The summed E-state index contributed by atoms with van der Waals surface area (Å²) in [7, 11) is 6.94. The molecule has 0 aromatic carbocycles. The first-order chi connectivity index (χ1) is 13.8. The van der Waals surface area contributed by atoms with Gasteiger partial charge in [-0.05, 0) is 25.0 Å². The monoisotopic (exact) mass is 438 g/mol. The molecule has 1 saturated heterocycles. The van der Waals surface area contributed by atoms with Gasteiger partial charge in [0.25, 0.3) is 0 Å². The van der Waals surface area contributed by atoms with Gasteiger partial charge in [-0.25, -0.2) is 9.59 Å². The molecule has 0 bridgehead atoms. The topological polar surface area (TPSA) is 73.7 Å². The first kappa shape index (κ1) is 21.4. The number of anilines is 1. The van der Waals surface area contributed by atoms with Gasteiger partial charge in [-0.3, -0.25) is 0 Å². The van der Waals surface area contributed by atoms with E-state index in [-0.39, 0.29) is 18.0 Å². The zero-order valence-electron chi connectivity index (χ0n) is 17.2. The van der Waals surface area contributed by atoms with Crippen molar-refractivity contribution in [2.24, 2.45) is 0 Å². The fraction of sp³-hybridized carbons (Fsp3) is 0.526. The standard InChI is InChI=1S/C19H27ClN6O2S/c1-23(2)18(27)25-9-7-13(8-10-25)15-11-17(26(22-15)19(28)24(3)4)21-12-14-5-6-16(20)29-14/h5-6,11,13,21H,7-10,12H2,1-4H3. The Morgan fingerprint density at radius 1 is 1.17 bits per heavy atom. The molecule has 0 spiro atoms. The summed E-state index contributed by atoms with van der Waals surface area (Å²) < 4.78 is 2.15. The largest absolute Gasteiger partial charge is 0.365 e. The maximum absolute atomic E-state index is 12.6. The summed E-state index contributed by atoms with van der Waals surface area (Å²) in [5.41, 5.74) is 0.879. The van der Waals surface area contributed by atoms with E-state index in [0.29, 0.717) is 25.5 Å². The second-order valence-corrected chi connectivity index (χ2v) is 9.34. The smallest absolute Gasteiger partial charge is 0.346 e. The van der Waals surface area contributed by atoms with Crippen LogP contribution in [0.2, 0.25) is 4.34 Å². The normalized spacial score (nSPS) is 14.7. The van der Waals surface area contributed by atoms with E-state index in [2.05, 4.69) is 10.4 Å². The third kappa shape index (κ3) is 5.02. The lowest BCUT2D eigenvalue weighted by Gasteiger charge is -2.33. The van der Waals surface area contributed by atoms with Gasteiger partial charge in [0.15, 0.2) is 0 Å². The van der Waals surface area contributed by atoms with E-state index in [0.717, 1.165) is 27.7 Å². The summed E-state index contributed by atoms with van der Waals surface area (Å²) >= 11 is 7.51. The van der Waals surface area contributed by atoms with Gasteiger partial charge in [0.1, 0.15) is 5.82 Å². The van der Waals surface area contributed by atoms with Gasteiger partial charge in [-0.1, -0.05) is 11.6 Å². The summed E-state index contributed by atoms with van der Waals surface area (Å²) in [6, 6.07) is 5.61. The molecule has 0 atom stereocenters. The van der Waals surface area contributed by atoms with Crippen molar-refractivity contribution < 1.29 is 9.59 Å². The molecule has 1 N–H and O–H groups in total. The van der Waals surface area contributed by atoms with E-state index in [1.54, 1.807) is 33.1 Å². The molecule has 10 heteroatoms. The van der Waals surface area contributed by atoms with Crippen LogP contribution in [0, 0.1) is 0 Å². The molecule has 1 fully saturated rings. The number of carbonyl (C=O) groups excluding carboxylic acids is 2. The lowest BCUT2D eigenvalue weighted by Crippen LogP contribution is -2.43. The number of urea groups is 1. The summed E-state index contributed by atoms with van der Waals surface area (Å²) in [4.78, 5) is 30.8. The van der Waals surface area contributed by atoms with Crippen molar-refractivity contribution in [2.45, 2.75) is 25.3 Å². The number of aromatic nitrogens is 2. The van der Waals surface area contributed by atoms with Crippen LogP contribution in [0.3, 0.4) is 0 Å². The highest BCUT2D eigenvalue weighted by atomic mass is 35.5. The Kier molecular flexibility index (Phi) is 6.69. The molecule has 158 valence electrons. The van der Waals surface area contributed by atoms with Gasteiger partial charge in [0.05, 0.1) is 16.6 Å². The molecule has 1 aliphatic rings. The first-order valence-electron chi connectivity index (χ1n) is 9.52. The van der Waals surface area contributed by atoms with Gasteiger partial charge in [0.2, 0.25) is 0 Å². The number of hydrogen-bond donors (Lipinski definition) is 1. The van der Waals surface area contributed by atoms with Crippen molar-refractivity contribution in [3.05, 3.63) is 33.1 Å². The predicted octanol–water partition coefficient (Wildman–Crippen LogP) is 3.60. The zero-order chi connectivity index (χ0) is 21.1. The number of hydrogen-bond acceptors (Lipinski definition) is 5. The highest BCUT2D eigenvalue weighted by Gasteiger charge is 2.28. The number of carbonyl (C=O) groups is 2. The van der Waals surface area contributed by atoms with E-state index in [9.17, 15) is 9.59 Å². The SMILES string of the molecule is CN(C)C(=O)N1CCC(c2cc(NCc3ccc(Cl)s3)n(C(=O)N(C)C)n2)CC1. The molecule has 3 amide bonds. The van der Waals surface area contributed by atoms with Crippen LogP contribution in [0.25, 0.3) is 0 Å². The van der Waals surface area contributed by atoms with Crippen molar-refractivity contribution in [3.63, 3.8) is 0 Å². The summed E-state index contributed by atoms with van der Waals surface area (Å²) in [5, 5.41) is 7.92. The molecule has 29 heavy (non-hydrogen) atoms. The van der Waals surface area contributed by atoms with E-state index >= 15 is 0 Å². The third-order valence-corrected chi connectivity index (χ3v) is 6.16. The summed E-state index contributed by atoms with van der Waals surface area (Å²) in [6.07, 6.45) is 1.65. The number of nitrogens with one attached hydrogen (secondary N) is 1. The van der Waals surface area contributed by atoms with Gasteiger partial charge >= 0.3 is 12.1 Å². The van der Waals surface area contributed by atoms with Crippen LogP contribution in [-0.4, -0.2) is 77.8 Å². The minimum absolute atomic E-state index is 0.0359. The van der Waals surface area contributed by atoms with Crippen molar-refractivity contribution in [3.8, 4) is 0 Å². The predicted molar refractivity (Wildman–Crippen MR) is 116 cm³/mol. The van der Waals surface area contributed by atoms with Gasteiger partial charge in [0, 0.05) is 58.1 Å². The lowest BCUT2D eigenvalue weighted by atomic mass is 9.94. The Hall–Kier alpha value is -2.26. The fourth-order valence-corrected chi connectivity index (χ4v) is 4.36. The van der Waals surface area contributed by atoms with Crippen molar-refractivity contribution in [2.75, 3.05) is 46.6 Å². The quantitative estimate of drug-likeness (QED) is 0.791. The number of rotatable bonds is 4. The molecular formula is C19H27ClN6O2S. The van der Waals surface area contributed by atoms with Crippen LogP contribution in [0.4, 0.5) is 15.4 Å². The van der Waals surface area contributed by atoms with E-state index < -0.39 is 0 Å². The number of nitrogens with zero attached hydrogens (tertiary/aromatic N) is 5. The highest BCUT2D eigenvalue weighted by molar-refractivity contribution is 7.16. The molecule has 0 saturated carbocycles. The van der Waals surface area contributed by atoms with Gasteiger partial charge in [-0.2, -0.15) is 9.78 Å². The Labute approximate surface area is 180 Å². The van der Waals surface area contributed by atoms with Crippen molar-refractivity contribution in [1.29, 1.82) is 0 Å². The Morgan fingerprint density at radius 2 is 1.83 bits per heavy atom. The number of amides is 3. The highest BCUT2D eigenvalue weighted by Crippen LogP contribution is 2.30. The van der Waals surface area contributed by atoms with Crippen LogP contribution in [-0.2, 0) is 6.54 Å². The molecule has 0 aliphatic carbocycles. The molecule has 2 aromatic heterocycles. The number of piperidine rings is 1. The molecule has 0 radical (unpaired) electrons. The second kappa shape index (κ2) is 9.04. The van der Waals surface area contributed by atoms with E-state index in [1.807, 2.05) is 23.1 Å². The number of thiophene rings is 1. The maximum Gasteiger partial charge on any atom is 0.346 e. The van der Waals surface area contributed by atoms with Crippen LogP contribution in [0.5, 0.6) is 0 Å². The van der Waals surface area contributed by atoms with Crippen molar-refractivity contribution in [1.82, 2.24) is 24.5 Å². The molecule has 2 aromatic rings. The second-order valence-electron chi connectivity index (χ2n) is 7.54. The molecule has 1 aliphatic heterocycles.